The molecule has 128 valence electrons. The van der Waals surface area contributed by atoms with E-state index < -0.39 is 9.84 Å². The molecule has 0 atom stereocenters. The summed E-state index contributed by atoms with van der Waals surface area (Å²) in [5, 5.41) is 0. The average Bonchev–Trinajstić information content (AvgIpc) is 2.56. The minimum Gasteiger partial charge on any atom is -0.478 e. The normalized spacial score (nSPS) is 22.9. The van der Waals surface area contributed by atoms with Crippen molar-refractivity contribution in [1.29, 1.82) is 0 Å². The Hall–Kier alpha value is -1.41. The van der Waals surface area contributed by atoms with Crippen molar-refractivity contribution in [2.24, 2.45) is 0 Å². The molecule has 0 aromatic carbocycles. The molecule has 1 aromatic rings. The van der Waals surface area contributed by atoms with E-state index in [4.69, 9.17) is 4.74 Å². The van der Waals surface area contributed by atoms with Gasteiger partial charge in [-0.25, -0.2) is 18.4 Å². The largest absolute Gasteiger partial charge is 0.478 e. The lowest BCUT2D eigenvalue weighted by Gasteiger charge is -2.40. The maximum atomic E-state index is 11.5. The summed E-state index contributed by atoms with van der Waals surface area (Å²) >= 11 is 0. The molecule has 3 heterocycles. The molecule has 23 heavy (non-hydrogen) atoms. The van der Waals surface area contributed by atoms with Crippen molar-refractivity contribution >= 4 is 15.7 Å². The summed E-state index contributed by atoms with van der Waals surface area (Å²) in [6.07, 6.45) is 3.62. The Morgan fingerprint density at radius 2 is 1.87 bits per heavy atom. The van der Waals surface area contributed by atoms with Gasteiger partial charge in [0.2, 0.25) is 5.88 Å². The lowest BCUT2D eigenvalue weighted by Crippen LogP contribution is -2.50. The van der Waals surface area contributed by atoms with Crippen LogP contribution in [0.2, 0.25) is 0 Å². The summed E-state index contributed by atoms with van der Waals surface area (Å²) < 4.78 is 28.5. The molecule has 8 heteroatoms. The molecule has 2 fully saturated rings. The number of piperidine rings is 1. The van der Waals surface area contributed by atoms with Gasteiger partial charge in [-0.3, -0.25) is 4.90 Å². The molecule has 2 saturated heterocycles. The van der Waals surface area contributed by atoms with E-state index in [0.29, 0.717) is 43.1 Å². The predicted molar refractivity (Wildman–Crippen MR) is 88.7 cm³/mol. The van der Waals surface area contributed by atoms with E-state index in [1.165, 1.54) is 0 Å². The van der Waals surface area contributed by atoms with Crippen LogP contribution < -0.4 is 9.64 Å². The van der Waals surface area contributed by atoms with E-state index in [0.717, 1.165) is 31.7 Å². The molecule has 2 aliphatic rings. The Labute approximate surface area is 137 Å². The van der Waals surface area contributed by atoms with Crippen LogP contribution in [0.1, 0.15) is 19.8 Å². The van der Waals surface area contributed by atoms with E-state index in [-0.39, 0.29) is 0 Å². The number of rotatable bonds is 4. The fourth-order valence-corrected chi connectivity index (χ4v) is 4.51. The Kier molecular flexibility index (Phi) is 5.01. The third kappa shape index (κ3) is 4.11. The average molecular weight is 340 g/mol. The van der Waals surface area contributed by atoms with E-state index in [1.807, 2.05) is 13.0 Å². The van der Waals surface area contributed by atoms with Gasteiger partial charge in [0.25, 0.3) is 0 Å². The zero-order valence-electron chi connectivity index (χ0n) is 13.5. The molecule has 0 unspecified atom stereocenters. The van der Waals surface area contributed by atoms with Gasteiger partial charge in [-0.1, -0.05) is 0 Å². The Morgan fingerprint density at radius 1 is 1.17 bits per heavy atom. The SMILES string of the molecule is CCOc1cc(N2CCC(N3CCS(=O)(=O)CC3)CC2)ncn1. The highest BCUT2D eigenvalue weighted by molar-refractivity contribution is 7.91. The number of aromatic nitrogens is 2. The topological polar surface area (TPSA) is 75.6 Å². The van der Waals surface area contributed by atoms with Crippen molar-refractivity contribution < 1.29 is 13.2 Å². The quantitative estimate of drug-likeness (QED) is 0.793. The highest BCUT2D eigenvalue weighted by atomic mass is 32.2. The number of nitrogens with zero attached hydrogens (tertiary/aromatic N) is 4. The molecule has 0 aliphatic carbocycles. The Morgan fingerprint density at radius 3 is 2.52 bits per heavy atom. The van der Waals surface area contributed by atoms with Crippen LogP contribution in [0.25, 0.3) is 0 Å². The molecule has 0 spiro atoms. The lowest BCUT2D eigenvalue weighted by molar-refractivity contribution is 0.182. The van der Waals surface area contributed by atoms with Crippen molar-refractivity contribution in [2.75, 3.05) is 49.2 Å². The molecular formula is C15H24N4O3S. The van der Waals surface area contributed by atoms with Gasteiger partial charge in [0.1, 0.15) is 12.1 Å². The fourth-order valence-electron chi connectivity index (χ4n) is 3.28. The van der Waals surface area contributed by atoms with Crippen LogP contribution in [-0.2, 0) is 9.84 Å². The molecule has 0 radical (unpaired) electrons. The molecule has 0 bridgehead atoms. The van der Waals surface area contributed by atoms with Crippen LogP contribution in [0.15, 0.2) is 12.4 Å². The first-order valence-corrected chi connectivity index (χ1v) is 10.0. The molecule has 0 amide bonds. The van der Waals surface area contributed by atoms with Gasteiger partial charge >= 0.3 is 0 Å². The minimum absolute atomic E-state index is 0.302. The molecule has 0 saturated carbocycles. The smallest absolute Gasteiger partial charge is 0.218 e. The monoisotopic (exact) mass is 340 g/mol. The van der Waals surface area contributed by atoms with Crippen LogP contribution in [-0.4, -0.2) is 73.6 Å². The summed E-state index contributed by atoms with van der Waals surface area (Å²) in [7, 11) is -2.80. The molecule has 3 rings (SSSR count). The third-order valence-corrected chi connectivity index (χ3v) is 6.21. The van der Waals surface area contributed by atoms with Gasteiger partial charge in [0, 0.05) is 38.3 Å². The zero-order chi connectivity index (χ0) is 16.3. The second kappa shape index (κ2) is 7.00. The van der Waals surface area contributed by atoms with Crippen molar-refractivity contribution in [3.05, 3.63) is 12.4 Å². The molecular weight excluding hydrogens is 316 g/mol. The van der Waals surface area contributed by atoms with Crippen LogP contribution >= 0.6 is 0 Å². The zero-order valence-corrected chi connectivity index (χ0v) is 14.3. The number of ether oxygens (including phenoxy) is 1. The summed E-state index contributed by atoms with van der Waals surface area (Å²) in [6.45, 7) is 5.74. The van der Waals surface area contributed by atoms with E-state index in [9.17, 15) is 8.42 Å². The summed E-state index contributed by atoms with van der Waals surface area (Å²) in [6, 6.07) is 2.37. The van der Waals surface area contributed by atoms with E-state index in [2.05, 4.69) is 19.8 Å². The van der Waals surface area contributed by atoms with Crippen LogP contribution in [0.4, 0.5) is 5.82 Å². The highest BCUT2D eigenvalue weighted by Crippen LogP contribution is 2.23. The standard InChI is InChI=1S/C15H24N4O3S/c1-2-22-15-11-14(16-12-17-15)19-5-3-13(4-6-19)18-7-9-23(20,21)10-8-18/h11-13H,2-10H2,1H3. The molecule has 0 N–H and O–H groups in total. The Bertz CT molecular complexity index is 615. The molecule has 2 aliphatic heterocycles. The first-order chi connectivity index (χ1) is 11.1. The molecule has 7 nitrogen and oxygen atoms in total. The second-order valence-electron chi connectivity index (χ2n) is 6.05. The van der Waals surface area contributed by atoms with Crippen LogP contribution in [0.3, 0.4) is 0 Å². The van der Waals surface area contributed by atoms with Crippen LogP contribution in [0, 0.1) is 0 Å². The number of hydrogen-bond acceptors (Lipinski definition) is 7. The number of hydrogen-bond donors (Lipinski definition) is 0. The summed E-state index contributed by atoms with van der Waals surface area (Å²) in [5.41, 5.74) is 0. The first kappa shape index (κ1) is 16.4. The number of sulfone groups is 1. The summed E-state index contributed by atoms with van der Waals surface area (Å²) in [4.78, 5) is 13.0. The minimum atomic E-state index is -2.80. The number of anilines is 1. The van der Waals surface area contributed by atoms with Crippen molar-refractivity contribution in [3.8, 4) is 5.88 Å². The van der Waals surface area contributed by atoms with E-state index in [1.54, 1.807) is 6.33 Å². The van der Waals surface area contributed by atoms with Gasteiger partial charge < -0.3 is 9.64 Å². The summed E-state index contributed by atoms with van der Waals surface area (Å²) in [5.74, 6) is 2.12. The lowest BCUT2D eigenvalue weighted by atomic mass is 10.0. The van der Waals surface area contributed by atoms with Gasteiger partial charge in [-0.15, -0.1) is 0 Å². The second-order valence-corrected chi connectivity index (χ2v) is 8.36. The maximum Gasteiger partial charge on any atom is 0.218 e. The highest BCUT2D eigenvalue weighted by Gasteiger charge is 2.30. The van der Waals surface area contributed by atoms with Crippen LogP contribution in [0.5, 0.6) is 5.88 Å². The molecule has 1 aromatic heterocycles. The Balaban J connectivity index is 1.55. The van der Waals surface area contributed by atoms with Crippen molar-refractivity contribution in [2.45, 2.75) is 25.8 Å². The van der Waals surface area contributed by atoms with Crippen molar-refractivity contribution in [1.82, 2.24) is 14.9 Å². The van der Waals surface area contributed by atoms with Crippen molar-refractivity contribution in [3.63, 3.8) is 0 Å². The predicted octanol–water partition coefficient (Wildman–Crippen LogP) is 0.575. The fraction of sp³-hybridized carbons (Fsp3) is 0.733. The van der Waals surface area contributed by atoms with Gasteiger partial charge in [-0.05, 0) is 19.8 Å². The van der Waals surface area contributed by atoms with E-state index >= 15 is 0 Å². The van der Waals surface area contributed by atoms with Gasteiger partial charge in [-0.2, -0.15) is 0 Å². The first-order valence-electron chi connectivity index (χ1n) is 8.21. The van der Waals surface area contributed by atoms with Gasteiger partial charge in [0.05, 0.1) is 18.1 Å². The maximum absolute atomic E-state index is 11.5. The van der Waals surface area contributed by atoms with Gasteiger partial charge in [0.15, 0.2) is 9.84 Å². The third-order valence-electron chi connectivity index (χ3n) is 4.60.